The highest BCUT2D eigenvalue weighted by Gasteiger charge is 2.33. The third kappa shape index (κ3) is 2.73. The normalized spacial score (nSPS) is 27.5. The number of hydrogen-bond acceptors (Lipinski definition) is 3. The Labute approximate surface area is 118 Å². The fourth-order valence-electron chi connectivity index (χ4n) is 3.10. The van der Waals surface area contributed by atoms with Gasteiger partial charge < -0.3 is 4.90 Å². The van der Waals surface area contributed by atoms with Gasteiger partial charge in [0.05, 0.1) is 6.04 Å². The summed E-state index contributed by atoms with van der Waals surface area (Å²) in [5.74, 6) is 0.551. The zero-order valence-electron chi connectivity index (χ0n) is 11.1. The molecule has 19 heavy (non-hydrogen) atoms. The van der Waals surface area contributed by atoms with Crippen LogP contribution in [-0.4, -0.2) is 22.3 Å². The molecule has 1 aliphatic carbocycles. The lowest BCUT2D eigenvalue weighted by molar-refractivity contribution is -0.139. The predicted octanol–water partition coefficient (Wildman–Crippen LogP) is 3.55. The van der Waals surface area contributed by atoms with Crippen molar-refractivity contribution in [3.8, 4) is 0 Å². The molecule has 2 unspecified atom stereocenters. The molecule has 1 aromatic heterocycles. The second-order valence-corrected chi connectivity index (χ2v) is 6.32. The quantitative estimate of drug-likeness (QED) is 0.774. The maximum absolute atomic E-state index is 12.7. The zero-order chi connectivity index (χ0) is 13.1. The van der Waals surface area contributed by atoms with Crippen LogP contribution in [0.2, 0.25) is 0 Å². The van der Waals surface area contributed by atoms with Gasteiger partial charge in [0.15, 0.2) is 0 Å². The Morgan fingerprint density at radius 2 is 2.26 bits per heavy atom. The number of likely N-dealkylation sites (tertiary alicyclic amines) is 1. The van der Waals surface area contributed by atoms with Crippen LogP contribution in [0.15, 0.2) is 23.7 Å². The second kappa shape index (κ2) is 5.87. The molecule has 0 N–H and O–H groups in total. The summed E-state index contributed by atoms with van der Waals surface area (Å²) in [5.41, 5.74) is 0. The van der Waals surface area contributed by atoms with Crippen LogP contribution in [0.25, 0.3) is 0 Å². The highest BCUT2D eigenvalue weighted by Crippen LogP contribution is 2.34. The highest BCUT2D eigenvalue weighted by atomic mass is 32.1. The van der Waals surface area contributed by atoms with E-state index in [0.29, 0.717) is 5.91 Å². The molecular formula is C15H20N2OS. The molecule has 4 heteroatoms. The molecule has 1 aliphatic heterocycles. The Hall–Kier alpha value is -1.16. The minimum atomic E-state index is 0.200. The average Bonchev–Trinajstić information content (AvgIpc) is 3.01. The van der Waals surface area contributed by atoms with Crippen LogP contribution in [-0.2, 0) is 4.79 Å². The molecule has 0 radical (unpaired) electrons. The number of piperidine rings is 1. The van der Waals surface area contributed by atoms with E-state index in [0.717, 1.165) is 43.7 Å². The molecule has 0 bridgehead atoms. The monoisotopic (exact) mass is 276 g/mol. The SMILES string of the molecule is O=C(C1CC=CCC1)N1CCCCC1c1nccs1. The first kappa shape index (κ1) is 12.9. The van der Waals surface area contributed by atoms with E-state index in [1.807, 2.05) is 11.6 Å². The first-order valence-corrected chi connectivity index (χ1v) is 8.09. The Morgan fingerprint density at radius 3 is 3.00 bits per heavy atom. The molecule has 0 saturated carbocycles. The van der Waals surface area contributed by atoms with Crippen LogP contribution < -0.4 is 0 Å². The van der Waals surface area contributed by atoms with Crippen molar-refractivity contribution >= 4 is 17.2 Å². The van der Waals surface area contributed by atoms with E-state index in [9.17, 15) is 4.79 Å². The number of allylic oxidation sites excluding steroid dienone is 2. The van der Waals surface area contributed by atoms with Crippen molar-refractivity contribution in [2.45, 2.75) is 44.6 Å². The van der Waals surface area contributed by atoms with Gasteiger partial charge in [-0.15, -0.1) is 11.3 Å². The fraction of sp³-hybridized carbons (Fsp3) is 0.600. The lowest BCUT2D eigenvalue weighted by atomic mass is 9.91. The third-order valence-electron chi connectivity index (χ3n) is 4.14. The maximum Gasteiger partial charge on any atom is 0.226 e. The summed E-state index contributed by atoms with van der Waals surface area (Å²) < 4.78 is 0. The molecular weight excluding hydrogens is 256 g/mol. The molecule has 3 nitrogen and oxygen atoms in total. The largest absolute Gasteiger partial charge is 0.333 e. The zero-order valence-corrected chi connectivity index (χ0v) is 11.9. The fourth-order valence-corrected chi connectivity index (χ4v) is 3.89. The van der Waals surface area contributed by atoms with Crippen molar-refractivity contribution in [3.63, 3.8) is 0 Å². The molecule has 2 atom stereocenters. The molecule has 2 heterocycles. The average molecular weight is 276 g/mol. The van der Waals surface area contributed by atoms with Crippen molar-refractivity contribution in [1.82, 2.24) is 9.88 Å². The van der Waals surface area contributed by atoms with Crippen molar-refractivity contribution in [3.05, 3.63) is 28.7 Å². The van der Waals surface area contributed by atoms with Crippen molar-refractivity contribution in [1.29, 1.82) is 0 Å². The number of carbonyl (C=O) groups is 1. The summed E-state index contributed by atoms with van der Waals surface area (Å²) >= 11 is 1.68. The number of amides is 1. The van der Waals surface area contributed by atoms with Gasteiger partial charge in [-0.2, -0.15) is 0 Å². The summed E-state index contributed by atoms with van der Waals surface area (Å²) in [6.45, 7) is 0.906. The number of aromatic nitrogens is 1. The van der Waals surface area contributed by atoms with Gasteiger partial charge in [-0.3, -0.25) is 4.79 Å². The molecule has 1 aromatic rings. The summed E-state index contributed by atoms with van der Waals surface area (Å²) in [4.78, 5) is 19.3. The molecule has 1 fully saturated rings. The van der Waals surface area contributed by atoms with Crippen molar-refractivity contribution < 1.29 is 4.79 Å². The summed E-state index contributed by atoms with van der Waals surface area (Å²) in [7, 11) is 0. The van der Waals surface area contributed by atoms with E-state index in [2.05, 4.69) is 22.0 Å². The van der Waals surface area contributed by atoms with Crippen LogP contribution in [0.5, 0.6) is 0 Å². The van der Waals surface area contributed by atoms with Gasteiger partial charge in [-0.25, -0.2) is 4.98 Å². The maximum atomic E-state index is 12.7. The number of hydrogen-bond donors (Lipinski definition) is 0. The summed E-state index contributed by atoms with van der Waals surface area (Å²) in [5, 5.41) is 3.12. The topological polar surface area (TPSA) is 33.2 Å². The smallest absolute Gasteiger partial charge is 0.226 e. The summed E-state index contributed by atoms with van der Waals surface area (Å²) in [6.07, 6.45) is 12.6. The summed E-state index contributed by atoms with van der Waals surface area (Å²) in [6, 6.07) is 0.229. The Kier molecular flexibility index (Phi) is 3.97. The Balaban J connectivity index is 1.76. The number of thiazole rings is 1. The number of carbonyl (C=O) groups excluding carboxylic acids is 1. The van der Waals surface area contributed by atoms with E-state index >= 15 is 0 Å². The van der Waals surface area contributed by atoms with Crippen molar-refractivity contribution in [2.75, 3.05) is 6.54 Å². The van der Waals surface area contributed by atoms with E-state index in [-0.39, 0.29) is 12.0 Å². The molecule has 2 aliphatic rings. The van der Waals surface area contributed by atoms with Gasteiger partial charge in [0.2, 0.25) is 5.91 Å². The first-order chi connectivity index (χ1) is 9.36. The van der Waals surface area contributed by atoms with Crippen LogP contribution in [0.1, 0.15) is 49.6 Å². The Morgan fingerprint density at radius 1 is 1.32 bits per heavy atom. The van der Waals surface area contributed by atoms with Gasteiger partial charge in [0.1, 0.15) is 5.01 Å². The van der Waals surface area contributed by atoms with Crippen LogP contribution in [0.4, 0.5) is 0 Å². The van der Waals surface area contributed by atoms with Gasteiger partial charge in [0.25, 0.3) is 0 Å². The van der Waals surface area contributed by atoms with Gasteiger partial charge in [-0.1, -0.05) is 12.2 Å². The minimum absolute atomic E-state index is 0.200. The lowest BCUT2D eigenvalue weighted by Gasteiger charge is -2.37. The molecule has 1 saturated heterocycles. The number of nitrogens with zero attached hydrogens (tertiary/aromatic N) is 2. The first-order valence-electron chi connectivity index (χ1n) is 7.21. The van der Waals surface area contributed by atoms with Gasteiger partial charge in [0, 0.05) is 24.0 Å². The second-order valence-electron chi connectivity index (χ2n) is 5.39. The van der Waals surface area contributed by atoms with Crippen LogP contribution >= 0.6 is 11.3 Å². The predicted molar refractivity (Wildman–Crippen MR) is 76.9 cm³/mol. The molecule has 0 spiro atoms. The number of rotatable bonds is 2. The standard InChI is InChI=1S/C15H20N2OS/c18-15(12-6-2-1-3-7-12)17-10-5-4-8-13(17)14-16-9-11-19-14/h1-2,9,11-13H,3-8,10H2. The Bertz CT molecular complexity index is 455. The minimum Gasteiger partial charge on any atom is -0.333 e. The molecule has 0 aromatic carbocycles. The highest BCUT2D eigenvalue weighted by molar-refractivity contribution is 7.09. The molecule has 3 rings (SSSR count). The lowest BCUT2D eigenvalue weighted by Crippen LogP contribution is -2.42. The van der Waals surface area contributed by atoms with Crippen LogP contribution in [0, 0.1) is 5.92 Å². The van der Waals surface area contributed by atoms with E-state index in [1.54, 1.807) is 11.3 Å². The van der Waals surface area contributed by atoms with E-state index in [1.165, 1.54) is 6.42 Å². The van der Waals surface area contributed by atoms with E-state index < -0.39 is 0 Å². The van der Waals surface area contributed by atoms with Gasteiger partial charge in [-0.05, 0) is 38.5 Å². The molecule has 102 valence electrons. The third-order valence-corrected chi connectivity index (χ3v) is 5.02. The van der Waals surface area contributed by atoms with E-state index in [4.69, 9.17) is 0 Å². The van der Waals surface area contributed by atoms with Crippen LogP contribution in [0.3, 0.4) is 0 Å². The van der Waals surface area contributed by atoms with Crippen molar-refractivity contribution in [2.24, 2.45) is 5.92 Å². The molecule has 1 amide bonds. The van der Waals surface area contributed by atoms with Gasteiger partial charge >= 0.3 is 0 Å².